The Morgan fingerprint density at radius 1 is 0.903 bits per heavy atom. The molecule has 0 spiro atoms. The van der Waals surface area contributed by atoms with E-state index in [0.717, 1.165) is 36.9 Å². The number of anilines is 1. The van der Waals surface area contributed by atoms with E-state index < -0.39 is 0 Å². The fourth-order valence-electron chi connectivity index (χ4n) is 3.55. The van der Waals surface area contributed by atoms with Crippen molar-refractivity contribution in [3.05, 3.63) is 88.7 Å². The van der Waals surface area contributed by atoms with Crippen molar-refractivity contribution in [1.82, 2.24) is 9.88 Å². The van der Waals surface area contributed by atoms with Gasteiger partial charge in [0.1, 0.15) is 5.69 Å². The number of carbonyl (C=O) groups excluding carboxylic acids is 1. The molecule has 0 aliphatic rings. The molecule has 3 rings (SSSR count). The molecule has 0 saturated heterocycles. The molecule has 5 heteroatoms. The number of hydrogen-bond donors (Lipinski definition) is 2. The Labute approximate surface area is 184 Å². The standard InChI is InChI=1S/C26H31N3O2/c1-20(27-2)25(30)28-23-17-18-24(22-15-9-4-10-16-22)29(26(23)31)19-11-5-8-14-21-12-6-3-7-13-21/h3-4,6-7,9-10,12-13,15-18,20,27H,5,8,11,14,19H2,1-2H3,(H,28,30). The second kappa shape index (κ2) is 11.3. The number of rotatable bonds is 10. The van der Waals surface area contributed by atoms with Crippen LogP contribution in [0.2, 0.25) is 0 Å². The number of unbranched alkanes of at least 4 members (excludes halogenated alkanes) is 2. The van der Waals surface area contributed by atoms with Gasteiger partial charge in [-0.15, -0.1) is 0 Å². The van der Waals surface area contributed by atoms with Crippen LogP contribution in [0.15, 0.2) is 77.6 Å². The van der Waals surface area contributed by atoms with Crippen molar-refractivity contribution in [2.45, 2.75) is 45.2 Å². The number of pyridine rings is 1. The third-order valence-corrected chi connectivity index (χ3v) is 5.52. The van der Waals surface area contributed by atoms with Gasteiger partial charge in [-0.1, -0.05) is 67.1 Å². The molecule has 2 aromatic carbocycles. The molecule has 0 aliphatic heterocycles. The van der Waals surface area contributed by atoms with E-state index >= 15 is 0 Å². The first-order valence-electron chi connectivity index (χ1n) is 10.9. The minimum absolute atomic E-state index is 0.166. The average Bonchev–Trinajstić information content (AvgIpc) is 2.81. The van der Waals surface area contributed by atoms with Crippen LogP contribution in [0.1, 0.15) is 31.7 Å². The molecule has 0 aliphatic carbocycles. The van der Waals surface area contributed by atoms with Crippen LogP contribution in [0.3, 0.4) is 0 Å². The first-order valence-corrected chi connectivity index (χ1v) is 10.9. The van der Waals surface area contributed by atoms with E-state index in [4.69, 9.17) is 0 Å². The molecule has 31 heavy (non-hydrogen) atoms. The molecule has 162 valence electrons. The van der Waals surface area contributed by atoms with Gasteiger partial charge in [-0.25, -0.2) is 0 Å². The molecule has 0 bridgehead atoms. The smallest absolute Gasteiger partial charge is 0.274 e. The van der Waals surface area contributed by atoms with Gasteiger partial charge in [0.25, 0.3) is 5.56 Å². The molecule has 3 aromatic rings. The first-order chi connectivity index (χ1) is 15.1. The summed E-state index contributed by atoms with van der Waals surface area (Å²) in [7, 11) is 1.72. The maximum Gasteiger partial charge on any atom is 0.274 e. The van der Waals surface area contributed by atoms with Crippen LogP contribution in [0.25, 0.3) is 11.3 Å². The van der Waals surface area contributed by atoms with E-state index in [1.165, 1.54) is 5.56 Å². The number of amides is 1. The predicted molar refractivity (Wildman–Crippen MR) is 127 cm³/mol. The molecule has 1 aromatic heterocycles. The zero-order valence-electron chi connectivity index (χ0n) is 18.3. The van der Waals surface area contributed by atoms with E-state index in [9.17, 15) is 9.59 Å². The van der Waals surface area contributed by atoms with Gasteiger partial charge in [0, 0.05) is 6.54 Å². The summed E-state index contributed by atoms with van der Waals surface area (Å²) in [4.78, 5) is 25.5. The van der Waals surface area contributed by atoms with Gasteiger partial charge in [0.15, 0.2) is 0 Å². The number of benzene rings is 2. The lowest BCUT2D eigenvalue weighted by molar-refractivity contribution is -0.117. The van der Waals surface area contributed by atoms with Gasteiger partial charge in [-0.05, 0) is 56.5 Å². The van der Waals surface area contributed by atoms with Crippen LogP contribution in [-0.4, -0.2) is 23.6 Å². The second-order valence-corrected chi connectivity index (χ2v) is 7.75. The lowest BCUT2D eigenvalue weighted by atomic mass is 10.1. The molecule has 1 amide bonds. The second-order valence-electron chi connectivity index (χ2n) is 7.75. The fourth-order valence-corrected chi connectivity index (χ4v) is 3.55. The molecule has 2 N–H and O–H groups in total. The largest absolute Gasteiger partial charge is 0.320 e. The monoisotopic (exact) mass is 417 g/mol. The SMILES string of the molecule is CNC(C)C(=O)Nc1ccc(-c2ccccc2)n(CCCCCc2ccccc2)c1=O. The molecule has 0 radical (unpaired) electrons. The molecule has 0 saturated carbocycles. The van der Waals surface area contributed by atoms with E-state index in [1.54, 1.807) is 24.6 Å². The summed E-state index contributed by atoms with van der Waals surface area (Å²) in [6.45, 7) is 2.38. The maximum absolute atomic E-state index is 13.2. The Hall–Kier alpha value is -3.18. The summed E-state index contributed by atoms with van der Waals surface area (Å²) in [5, 5.41) is 5.67. The van der Waals surface area contributed by atoms with E-state index in [0.29, 0.717) is 12.2 Å². The molecule has 0 fully saturated rings. The summed E-state index contributed by atoms with van der Waals surface area (Å²) in [6.07, 6.45) is 4.05. The van der Waals surface area contributed by atoms with Crippen molar-refractivity contribution in [1.29, 1.82) is 0 Å². The number of nitrogens with one attached hydrogen (secondary N) is 2. The summed E-state index contributed by atoms with van der Waals surface area (Å²) in [5.41, 5.74) is 3.35. The normalized spacial score (nSPS) is 11.8. The Bertz CT molecular complexity index is 1030. The van der Waals surface area contributed by atoms with E-state index in [-0.39, 0.29) is 17.5 Å². The highest BCUT2D eigenvalue weighted by atomic mass is 16.2. The van der Waals surface area contributed by atoms with Crippen molar-refractivity contribution in [2.75, 3.05) is 12.4 Å². The summed E-state index contributed by atoms with van der Waals surface area (Å²) >= 11 is 0. The number of aryl methyl sites for hydroxylation is 1. The topological polar surface area (TPSA) is 63.1 Å². The number of nitrogens with zero attached hydrogens (tertiary/aromatic N) is 1. The van der Waals surface area contributed by atoms with Gasteiger partial charge in [-0.3, -0.25) is 9.59 Å². The molecule has 1 unspecified atom stereocenters. The highest BCUT2D eigenvalue weighted by Crippen LogP contribution is 2.20. The Kier molecular flexibility index (Phi) is 8.19. The molecule has 1 atom stereocenters. The molecule has 1 heterocycles. The van der Waals surface area contributed by atoms with Crippen molar-refractivity contribution in [3.63, 3.8) is 0 Å². The van der Waals surface area contributed by atoms with Crippen LogP contribution in [0.4, 0.5) is 5.69 Å². The van der Waals surface area contributed by atoms with Gasteiger partial charge in [-0.2, -0.15) is 0 Å². The highest BCUT2D eigenvalue weighted by Gasteiger charge is 2.15. The highest BCUT2D eigenvalue weighted by molar-refractivity contribution is 5.94. The van der Waals surface area contributed by atoms with Crippen LogP contribution in [0, 0.1) is 0 Å². The number of aromatic nitrogens is 1. The Morgan fingerprint density at radius 3 is 2.26 bits per heavy atom. The summed E-state index contributed by atoms with van der Waals surface area (Å²) < 4.78 is 1.79. The Morgan fingerprint density at radius 2 is 1.58 bits per heavy atom. The summed E-state index contributed by atoms with van der Waals surface area (Å²) in [6, 6.07) is 23.6. The van der Waals surface area contributed by atoms with Crippen LogP contribution in [-0.2, 0) is 17.8 Å². The van der Waals surface area contributed by atoms with Crippen molar-refractivity contribution < 1.29 is 4.79 Å². The van der Waals surface area contributed by atoms with Crippen molar-refractivity contribution >= 4 is 11.6 Å². The van der Waals surface area contributed by atoms with Crippen LogP contribution in [0.5, 0.6) is 0 Å². The average molecular weight is 418 g/mol. The van der Waals surface area contributed by atoms with Gasteiger partial charge >= 0.3 is 0 Å². The number of likely N-dealkylation sites (N-methyl/N-ethyl adjacent to an activating group) is 1. The minimum atomic E-state index is -0.375. The van der Waals surface area contributed by atoms with Crippen molar-refractivity contribution in [2.24, 2.45) is 0 Å². The first kappa shape index (κ1) is 22.5. The van der Waals surface area contributed by atoms with Gasteiger partial charge < -0.3 is 15.2 Å². The zero-order chi connectivity index (χ0) is 22.1. The van der Waals surface area contributed by atoms with E-state index in [2.05, 4.69) is 34.9 Å². The van der Waals surface area contributed by atoms with Crippen LogP contribution >= 0.6 is 0 Å². The fraction of sp³-hybridized carbons (Fsp3) is 0.308. The predicted octanol–water partition coefficient (Wildman–Crippen LogP) is 4.47. The quantitative estimate of drug-likeness (QED) is 0.478. The Balaban J connectivity index is 1.75. The summed E-state index contributed by atoms with van der Waals surface area (Å²) in [5.74, 6) is -0.221. The van der Waals surface area contributed by atoms with E-state index in [1.807, 2.05) is 42.5 Å². The van der Waals surface area contributed by atoms with Gasteiger partial charge in [0.05, 0.1) is 11.7 Å². The maximum atomic E-state index is 13.2. The molecular weight excluding hydrogens is 386 g/mol. The number of hydrogen-bond acceptors (Lipinski definition) is 3. The van der Waals surface area contributed by atoms with Gasteiger partial charge in [0.2, 0.25) is 5.91 Å². The minimum Gasteiger partial charge on any atom is -0.320 e. The number of carbonyl (C=O) groups is 1. The third kappa shape index (κ3) is 6.15. The van der Waals surface area contributed by atoms with Crippen LogP contribution < -0.4 is 16.2 Å². The van der Waals surface area contributed by atoms with Crippen molar-refractivity contribution in [3.8, 4) is 11.3 Å². The molecular formula is C26H31N3O2. The molecule has 5 nitrogen and oxygen atoms in total. The third-order valence-electron chi connectivity index (χ3n) is 5.52. The lowest BCUT2D eigenvalue weighted by Crippen LogP contribution is -2.37. The zero-order valence-corrected chi connectivity index (χ0v) is 18.3. The lowest BCUT2D eigenvalue weighted by Gasteiger charge is -2.16.